The van der Waals surface area contributed by atoms with Crippen LogP contribution < -0.4 is 19.7 Å². The average molecular weight is 551 g/mol. The van der Waals surface area contributed by atoms with Gasteiger partial charge in [0.2, 0.25) is 0 Å². The fourth-order valence-electron chi connectivity index (χ4n) is 4.38. The molecule has 1 aliphatic rings. The number of carbonyl (C=O) groups is 2. The van der Waals surface area contributed by atoms with Crippen molar-refractivity contribution in [3.05, 3.63) is 48.3 Å². The minimum Gasteiger partial charge on any atom is -0.493 e. The highest BCUT2D eigenvalue weighted by Crippen LogP contribution is 2.35. The van der Waals surface area contributed by atoms with Gasteiger partial charge < -0.3 is 39.9 Å². The van der Waals surface area contributed by atoms with Crippen LogP contribution in [0.15, 0.2) is 42.7 Å². The normalized spacial score (nSPS) is 14.8. The number of benzene rings is 2. The van der Waals surface area contributed by atoms with Gasteiger partial charge in [-0.3, -0.25) is 4.79 Å². The van der Waals surface area contributed by atoms with Gasteiger partial charge in [0.1, 0.15) is 18.8 Å². The molecule has 3 aromatic rings. The number of rotatable bonds is 10. The summed E-state index contributed by atoms with van der Waals surface area (Å²) in [6, 6.07) is 11.9. The predicted molar refractivity (Wildman–Crippen MR) is 144 cm³/mol. The van der Waals surface area contributed by atoms with Gasteiger partial charge in [0.15, 0.2) is 11.5 Å². The van der Waals surface area contributed by atoms with E-state index in [9.17, 15) is 19.8 Å². The number of methoxy groups -OCH3 is 1. The molecule has 2 atom stereocenters. The van der Waals surface area contributed by atoms with Crippen LogP contribution in [-0.2, 0) is 4.79 Å². The second kappa shape index (κ2) is 12.9. The molecule has 2 heterocycles. The van der Waals surface area contributed by atoms with Crippen LogP contribution in [0.25, 0.3) is 10.9 Å². The molecule has 2 aromatic carbocycles. The van der Waals surface area contributed by atoms with E-state index >= 15 is 0 Å². The van der Waals surface area contributed by atoms with Crippen LogP contribution in [-0.4, -0.2) is 94.3 Å². The molecular formula is C27H30N6O7. The molecule has 4 N–H and O–H groups in total. The maximum atomic E-state index is 12.7. The second-order valence-corrected chi connectivity index (χ2v) is 9.26. The molecule has 0 radical (unpaired) electrons. The van der Waals surface area contributed by atoms with E-state index < -0.39 is 24.6 Å². The molecule has 1 aliphatic heterocycles. The monoisotopic (exact) mass is 550 g/mol. The lowest BCUT2D eigenvalue weighted by Crippen LogP contribution is -2.50. The molecule has 0 aliphatic carbocycles. The quantitative estimate of drug-likeness (QED) is 0.289. The molecule has 4 rings (SSSR count). The Kier molecular flexibility index (Phi) is 9.15. The Morgan fingerprint density at radius 3 is 2.45 bits per heavy atom. The highest BCUT2D eigenvalue weighted by atomic mass is 16.5. The van der Waals surface area contributed by atoms with E-state index in [2.05, 4.69) is 20.2 Å². The van der Waals surface area contributed by atoms with Crippen molar-refractivity contribution in [1.82, 2.24) is 14.9 Å². The summed E-state index contributed by atoms with van der Waals surface area (Å²) < 4.78 is 11.2. The first-order chi connectivity index (χ1) is 19.3. The number of carboxylic acids is 1. The number of piperazine rings is 1. The molecule has 1 saturated heterocycles. The first-order valence-electron chi connectivity index (χ1n) is 12.6. The van der Waals surface area contributed by atoms with E-state index in [1.807, 2.05) is 6.07 Å². The number of hydrogen-bond acceptors (Lipinski definition) is 10. The molecule has 0 spiro atoms. The van der Waals surface area contributed by atoms with Crippen molar-refractivity contribution in [3.8, 4) is 17.6 Å². The van der Waals surface area contributed by atoms with Gasteiger partial charge in [-0.1, -0.05) is 0 Å². The highest BCUT2D eigenvalue weighted by Gasteiger charge is 2.24. The van der Waals surface area contributed by atoms with Crippen molar-refractivity contribution in [2.75, 3.05) is 50.1 Å². The van der Waals surface area contributed by atoms with Crippen LogP contribution in [0.1, 0.15) is 18.4 Å². The maximum absolute atomic E-state index is 12.7. The molecule has 0 saturated carbocycles. The number of hydrogen-bond donors (Lipinski definition) is 4. The number of ether oxygens (including phenoxy) is 2. The van der Waals surface area contributed by atoms with Crippen molar-refractivity contribution in [2.24, 2.45) is 0 Å². The number of carboxylic acid groups (broad SMARTS) is 1. The van der Waals surface area contributed by atoms with E-state index in [0.717, 1.165) is 5.39 Å². The van der Waals surface area contributed by atoms with Gasteiger partial charge in [0.05, 0.1) is 42.9 Å². The smallest absolute Gasteiger partial charge is 0.321 e. The number of aliphatic hydroxyl groups is 2. The zero-order chi connectivity index (χ0) is 28.6. The molecular weight excluding hydrogens is 520 g/mol. The molecule has 2 unspecified atom stereocenters. The van der Waals surface area contributed by atoms with Crippen LogP contribution in [0, 0.1) is 11.3 Å². The number of nitrogens with zero attached hydrogens (tertiary/aromatic N) is 5. The first kappa shape index (κ1) is 28.3. The summed E-state index contributed by atoms with van der Waals surface area (Å²) in [7, 11) is 1.48. The number of carbonyl (C=O) groups excluding carboxylic acids is 1. The van der Waals surface area contributed by atoms with Crippen LogP contribution in [0.3, 0.4) is 0 Å². The van der Waals surface area contributed by atoms with Gasteiger partial charge in [-0.2, -0.15) is 5.26 Å². The Labute approximate surface area is 230 Å². The summed E-state index contributed by atoms with van der Waals surface area (Å²) in [6.45, 7) is 1.84. The summed E-state index contributed by atoms with van der Waals surface area (Å²) in [6.07, 6.45) is -1.44. The zero-order valence-electron chi connectivity index (χ0n) is 21.9. The lowest BCUT2D eigenvalue weighted by atomic mass is 10.1. The van der Waals surface area contributed by atoms with E-state index in [4.69, 9.17) is 19.8 Å². The van der Waals surface area contributed by atoms with Crippen molar-refractivity contribution in [2.45, 2.75) is 25.0 Å². The van der Waals surface area contributed by atoms with Crippen molar-refractivity contribution in [1.29, 1.82) is 5.26 Å². The van der Waals surface area contributed by atoms with E-state index in [1.54, 1.807) is 41.3 Å². The molecule has 0 bridgehead atoms. The standard InChI is InChI=1S/C27H30N6O7/c1-39-23-12-21-22(13-24(23)40-15-20(35)10-19(34)11-25(36)37)29-16-30-26(21)32-6-8-33(9-7-32)27(38)31-18-4-2-17(14-28)3-5-18/h2-5,12-13,16,19-20,34-35H,6-11,15H2,1H3,(H,31,38)(H,36,37). The van der Waals surface area contributed by atoms with Gasteiger partial charge >= 0.3 is 12.0 Å². The number of aliphatic hydroxyl groups excluding tert-OH is 2. The summed E-state index contributed by atoms with van der Waals surface area (Å²) in [4.78, 5) is 36.0. The van der Waals surface area contributed by atoms with Gasteiger partial charge in [-0.05, 0) is 30.3 Å². The third-order valence-corrected chi connectivity index (χ3v) is 6.42. The van der Waals surface area contributed by atoms with E-state index in [1.165, 1.54) is 13.4 Å². The predicted octanol–water partition coefficient (Wildman–Crippen LogP) is 1.83. The van der Waals surface area contributed by atoms with Crippen LogP contribution in [0.2, 0.25) is 0 Å². The van der Waals surface area contributed by atoms with Crippen molar-refractivity contribution in [3.63, 3.8) is 0 Å². The number of aromatic nitrogens is 2. The molecule has 1 fully saturated rings. The van der Waals surface area contributed by atoms with E-state index in [-0.39, 0.29) is 19.1 Å². The molecule has 13 nitrogen and oxygen atoms in total. The molecule has 210 valence electrons. The number of urea groups is 1. The first-order valence-corrected chi connectivity index (χ1v) is 12.6. The number of amides is 2. The Bertz CT molecular complexity index is 1390. The SMILES string of the molecule is COc1cc2c(N3CCN(C(=O)Nc4ccc(C#N)cc4)CC3)ncnc2cc1OCC(O)CC(O)CC(=O)O. The van der Waals surface area contributed by atoms with Crippen LogP contribution in [0.5, 0.6) is 11.5 Å². The fraction of sp³-hybridized carbons (Fsp3) is 0.370. The third-order valence-electron chi connectivity index (χ3n) is 6.42. The number of anilines is 2. The topological polar surface area (TPSA) is 181 Å². The third kappa shape index (κ3) is 7.04. The van der Waals surface area contributed by atoms with Gasteiger partial charge in [-0.25, -0.2) is 14.8 Å². The maximum Gasteiger partial charge on any atom is 0.321 e. The Hall–Kier alpha value is -4.67. The van der Waals surface area contributed by atoms with Gasteiger partial charge in [0.25, 0.3) is 0 Å². The Morgan fingerprint density at radius 2 is 1.80 bits per heavy atom. The van der Waals surface area contributed by atoms with Crippen LogP contribution in [0.4, 0.5) is 16.3 Å². The Balaban J connectivity index is 1.40. The molecule has 40 heavy (non-hydrogen) atoms. The zero-order valence-corrected chi connectivity index (χ0v) is 21.9. The number of nitrogens with one attached hydrogen (secondary N) is 1. The van der Waals surface area contributed by atoms with Crippen molar-refractivity contribution >= 4 is 34.4 Å². The minimum atomic E-state index is -1.19. The van der Waals surface area contributed by atoms with Crippen molar-refractivity contribution < 1.29 is 34.4 Å². The molecule has 2 amide bonds. The Morgan fingerprint density at radius 1 is 1.07 bits per heavy atom. The minimum absolute atomic E-state index is 0.147. The summed E-state index contributed by atoms with van der Waals surface area (Å²) in [5.41, 5.74) is 1.72. The molecule has 13 heteroatoms. The second-order valence-electron chi connectivity index (χ2n) is 9.26. The van der Waals surface area contributed by atoms with Crippen LogP contribution >= 0.6 is 0 Å². The lowest BCUT2D eigenvalue weighted by Gasteiger charge is -2.35. The molecule has 1 aromatic heterocycles. The summed E-state index contributed by atoms with van der Waals surface area (Å²) in [5, 5.41) is 41.2. The average Bonchev–Trinajstić information content (AvgIpc) is 2.95. The highest BCUT2D eigenvalue weighted by molar-refractivity contribution is 5.92. The number of nitriles is 1. The summed E-state index contributed by atoms with van der Waals surface area (Å²) in [5.74, 6) is 0.247. The van der Waals surface area contributed by atoms with Gasteiger partial charge in [-0.15, -0.1) is 0 Å². The summed E-state index contributed by atoms with van der Waals surface area (Å²) >= 11 is 0. The fourth-order valence-corrected chi connectivity index (χ4v) is 4.38. The number of fused-ring (bicyclic) bond motifs is 1. The van der Waals surface area contributed by atoms with E-state index in [0.29, 0.717) is 60.3 Å². The number of aliphatic carboxylic acids is 1. The lowest BCUT2D eigenvalue weighted by molar-refractivity contribution is -0.139. The largest absolute Gasteiger partial charge is 0.493 e. The van der Waals surface area contributed by atoms with Gasteiger partial charge in [0, 0.05) is 49.7 Å².